The zero-order chi connectivity index (χ0) is 28.2. The molecule has 1 heterocycles. The van der Waals surface area contributed by atoms with Crippen molar-refractivity contribution in [2.45, 2.75) is 46.4 Å². The highest BCUT2D eigenvalue weighted by atomic mass is 16.5. The molecule has 0 aliphatic rings. The number of hydrogen-bond acceptors (Lipinski definition) is 6. The van der Waals surface area contributed by atoms with Gasteiger partial charge in [0.15, 0.2) is 0 Å². The lowest BCUT2D eigenvalue weighted by molar-refractivity contribution is -0.142. The van der Waals surface area contributed by atoms with E-state index in [9.17, 15) is 4.79 Å². The number of carbonyl (C=O) groups is 1. The molecule has 0 fully saturated rings. The molecule has 0 unspecified atom stereocenters. The molecule has 0 spiro atoms. The van der Waals surface area contributed by atoms with Crippen LogP contribution in [0.15, 0.2) is 72.8 Å². The molecule has 2 N–H and O–H groups in total. The number of nitrogens with two attached hydrogens (primary N) is 1. The fraction of sp³-hybridized carbons (Fsp3) is 0.273. The number of ether oxygens (including phenoxy) is 3. The van der Waals surface area contributed by atoms with Crippen LogP contribution in [0, 0.1) is 0 Å². The molecular formula is C33H35N3O4. The number of esters is 1. The van der Waals surface area contributed by atoms with Gasteiger partial charge in [0.05, 0.1) is 25.2 Å². The Morgan fingerprint density at radius 1 is 0.925 bits per heavy atom. The Balaban J connectivity index is 1.49. The minimum Gasteiger partial charge on any atom is -0.487 e. The molecule has 7 heteroatoms. The molecule has 7 nitrogen and oxygen atoms in total. The molecule has 206 valence electrons. The molecule has 0 aliphatic carbocycles. The summed E-state index contributed by atoms with van der Waals surface area (Å²) in [6, 6.07) is 24.8. The molecule has 5 aromatic rings. The summed E-state index contributed by atoms with van der Waals surface area (Å²) in [6.07, 6.45) is 0.125. The van der Waals surface area contributed by atoms with Crippen LogP contribution >= 0.6 is 0 Å². The number of hydrogen-bond donors (Lipinski definition) is 1. The van der Waals surface area contributed by atoms with E-state index in [2.05, 4.69) is 56.3 Å². The van der Waals surface area contributed by atoms with Gasteiger partial charge in [0.25, 0.3) is 0 Å². The Morgan fingerprint density at radius 3 is 2.45 bits per heavy atom. The van der Waals surface area contributed by atoms with Gasteiger partial charge in [-0.1, -0.05) is 30.3 Å². The number of methoxy groups -OCH3 is 1. The molecule has 4 aromatic carbocycles. The van der Waals surface area contributed by atoms with E-state index in [0.29, 0.717) is 19.0 Å². The summed E-state index contributed by atoms with van der Waals surface area (Å²) in [5.41, 5.74) is 12.6. The highest BCUT2D eigenvalue weighted by Gasteiger charge is 2.17. The van der Waals surface area contributed by atoms with E-state index in [1.54, 1.807) is 14.0 Å². The fourth-order valence-corrected chi connectivity index (χ4v) is 5.01. The number of aromatic nitrogens is 2. The molecule has 0 radical (unpaired) electrons. The van der Waals surface area contributed by atoms with E-state index in [4.69, 9.17) is 25.0 Å². The molecule has 40 heavy (non-hydrogen) atoms. The largest absolute Gasteiger partial charge is 0.487 e. The number of rotatable bonds is 10. The first kappa shape index (κ1) is 27.2. The highest BCUT2D eigenvalue weighted by Crippen LogP contribution is 2.32. The Hall–Kier alpha value is -4.36. The third-order valence-electron chi connectivity index (χ3n) is 6.91. The van der Waals surface area contributed by atoms with Crippen molar-refractivity contribution in [1.82, 2.24) is 9.78 Å². The van der Waals surface area contributed by atoms with Gasteiger partial charge in [0, 0.05) is 29.8 Å². The molecule has 5 rings (SSSR count). The average Bonchev–Trinajstić information content (AvgIpc) is 3.31. The standard InChI is InChI=1S/C33H35N3O4/c1-5-39-33(37)18-27-14-22(19-38-4)6-13-32(27)40-20-30-29-17-26(10-12-31(29)36(35-30)21(2)3)23-7-8-25-16-28(34)11-9-24(25)15-23/h6-17,21H,5,18-20,34H2,1-4H3. The predicted molar refractivity (Wildman–Crippen MR) is 159 cm³/mol. The summed E-state index contributed by atoms with van der Waals surface area (Å²) < 4.78 is 18.8. The number of benzene rings is 4. The Labute approximate surface area is 234 Å². The van der Waals surface area contributed by atoms with Crippen molar-refractivity contribution in [2.75, 3.05) is 19.5 Å². The summed E-state index contributed by atoms with van der Waals surface area (Å²) >= 11 is 0. The van der Waals surface area contributed by atoms with E-state index < -0.39 is 0 Å². The van der Waals surface area contributed by atoms with Crippen LogP contribution in [0.2, 0.25) is 0 Å². The van der Waals surface area contributed by atoms with Gasteiger partial charge >= 0.3 is 5.97 Å². The van der Waals surface area contributed by atoms with Crippen molar-refractivity contribution >= 4 is 33.3 Å². The molecule has 0 bridgehead atoms. The third kappa shape index (κ3) is 5.80. The third-order valence-corrected chi connectivity index (χ3v) is 6.91. The van der Waals surface area contributed by atoms with Gasteiger partial charge in [-0.25, -0.2) is 0 Å². The van der Waals surface area contributed by atoms with E-state index in [-0.39, 0.29) is 25.0 Å². The SMILES string of the molecule is CCOC(=O)Cc1cc(COC)ccc1OCc1nn(C(C)C)c2ccc(-c3ccc4cc(N)ccc4c3)cc12. The summed E-state index contributed by atoms with van der Waals surface area (Å²) in [4.78, 5) is 12.3. The maximum atomic E-state index is 12.3. The van der Waals surface area contributed by atoms with Crippen LogP contribution in [0.3, 0.4) is 0 Å². The molecule has 0 saturated heterocycles. The van der Waals surface area contributed by atoms with Crippen molar-refractivity contribution in [2.24, 2.45) is 0 Å². The van der Waals surface area contributed by atoms with E-state index >= 15 is 0 Å². The lowest BCUT2D eigenvalue weighted by Crippen LogP contribution is -2.10. The van der Waals surface area contributed by atoms with Gasteiger partial charge in [-0.2, -0.15) is 5.10 Å². The first-order valence-electron chi connectivity index (χ1n) is 13.6. The highest BCUT2D eigenvalue weighted by molar-refractivity contribution is 5.92. The number of fused-ring (bicyclic) bond motifs is 2. The lowest BCUT2D eigenvalue weighted by atomic mass is 9.99. The van der Waals surface area contributed by atoms with Crippen molar-refractivity contribution < 1.29 is 19.0 Å². The normalized spacial score (nSPS) is 11.4. The predicted octanol–water partition coefficient (Wildman–Crippen LogP) is 6.85. The quantitative estimate of drug-likeness (QED) is 0.155. The fourth-order valence-electron chi connectivity index (χ4n) is 5.01. The van der Waals surface area contributed by atoms with Crippen molar-refractivity contribution in [3.05, 3.63) is 89.6 Å². The second-order valence-electron chi connectivity index (χ2n) is 10.2. The van der Waals surface area contributed by atoms with Crippen molar-refractivity contribution in [3.63, 3.8) is 0 Å². The monoisotopic (exact) mass is 537 g/mol. The summed E-state index contributed by atoms with van der Waals surface area (Å²) in [7, 11) is 1.65. The molecule has 0 amide bonds. The Bertz CT molecular complexity index is 1670. The Kier molecular flexibility index (Phi) is 8.03. The van der Waals surface area contributed by atoms with E-state index in [1.165, 1.54) is 0 Å². The zero-order valence-electron chi connectivity index (χ0n) is 23.4. The second kappa shape index (κ2) is 11.8. The number of anilines is 1. The van der Waals surface area contributed by atoms with Crippen molar-refractivity contribution in [1.29, 1.82) is 0 Å². The maximum Gasteiger partial charge on any atom is 0.310 e. The average molecular weight is 538 g/mol. The van der Waals surface area contributed by atoms with E-state index in [0.717, 1.165) is 55.3 Å². The maximum absolute atomic E-state index is 12.3. The van der Waals surface area contributed by atoms with Crippen LogP contribution in [0.5, 0.6) is 5.75 Å². The van der Waals surface area contributed by atoms with Crippen LogP contribution < -0.4 is 10.5 Å². The van der Waals surface area contributed by atoms with Gasteiger partial charge in [-0.05, 0) is 90.7 Å². The smallest absolute Gasteiger partial charge is 0.310 e. The number of carbonyl (C=O) groups excluding carboxylic acids is 1. The second-order valence-corrected chi connectivity index (χ2v) is 10.2. The molecule has 1 aromatic heterocycles. The molecule has 0 aliphatic heterocycles. The summed E-state index contributed by atoms with van der Waals surface area (Å²) in [5.74, 6) is 0.337. The topological polar surface area (TPSA) is 88.6 Å². The minimum atomic E-state index is -0.292. The molecule has 0 saturated carbocycles. The minimum absolute atomic E-state index is 0.125. The van der Waals surface area contributed by atoms with Crippen LogP contribution in [0.1, 0.15) is 43.6 Å². The first-order valence-corrected chi connectivity index (χ1v) is 13.6. The number of nitrogens with zero attached hydrogens (tertiary/aromatic N) is 2. The Morgan fingerprint density at radius 2 is 1.68 bits per heavy atom. The first-order chi connectivity index (χ1) is 19.4. The lowest BCUT2D eigenvalue weighted by Gasteiger charge is -2.13. The van der Waals surface area contributed by atoms with Gasteiger partial charge in [-0.15, -0.1) is 0 Å². The molecule has 0 atom stereocenters. The van der Waals surface area contributed by atoms with Crippen LogP contribution in [-0.2, 0) is 33.9 Å². The van der Waals surface area contributed by atoms with Gasteiger partial charge in [0.2, 0.25) is 0 Å². The summed E-state index contributed by atoms with van der Waals surface area (Å²) in [6.45, 7) is 7.08. The van der Waals surface area contributed by atoms with Crippen molar-refractivity contribution in [3.8, 4) is 16.9 Å². The molecular weight excluding hydrogens is 502 g/mol. The number of nitrogen functional groups attached to an aromatic ring is 1. The van der Waals surface area contributed by atoms with E-state index in [1.807, 2.05) is 35.0 Å². The van der Waals surface area contributed by atoms with Gasteiger partial charge in [-0.3, -0.25) is 9.48 Å². The van der Waals surface area contributed by atoms with Crippen LogP contribution in [-0.4, -0.2) is 29.5 Å². The van der Waals surface area contributed by atoms with Crippen LogP contribution in [0.25, 0.3) is 32.8 Å². The van der Waals surface area contributed by atoms with Gasteiger partial charge in [0.1, 0.15) is 18.1 Å². The van der Waals surface area contributed by atoms with Gasteiger partial charge < -0.3 is 19.9 Å². The summed E-state index contributed by atoms with van der Waals surface area (Å²) in [5, 5.41) is 8.22. The van der Waals surface area contributed by atoms with Crippen LogP contribution in [0.4, 0.5) is 5.69 Å². The zero-order valence-corrected chi connectivity index (χ0v) is 23.4.